The van der Waals surface area contributed by atoms with Crippen molar-refractivity contribution in [2.75, 3.05) is 40.0 Å². The molecular formula is C19H37N3O3. The van der Waals surface area contributed by atoms with Crippen LogP contribution in [-0.2, 0) is 14.2 Å². The molecule has 0 bridgehead atoms. The van der Waals surface area contributed by atoms with Gasteiger partial charge in [0.15, 0.2) is 5.96 Å². The van der Waals surface area contributed by atoms with Gasteiger partial charge in [-0.15, -0.1) is 0 Å². The molecule has 2 fully saturated rings. The monoisotopic (exact) mass is 355 g/mol. The van der Waals surface area contributed by atoms with Gasteiger partial charge in [-0.3, -0.25) is 4.99 Å². The summed E-state index contributed by atoms with van der Waals surface area (Å²) < 4.78 is 17.2. The summed E-state index contributed by atoms with van der Waals surface area (Å²) in [5.74, 6) is 0.839. The molecule has 0 radical (unpaired) electrons. The van der Waals surface area contributed by atoms with Crippen LogP contribution in [0.3, 0.4) is 0 Å². The maximum Gasteiger partial charge on any atom is 0.191 e. The second-order valence-corrected chi connectivity index (χ2v) is 7.68. The topological polar surface area (TPSA) is 64.1 Å². The van der Waals surface area contributed by atoms with Crippen molar-refractivity contribution < 1.29 is 14.2 Å². The van der Waals surface area contributed by atoms with Gasteiger partial charge in [0.1, 0.15) is 0 Å². The van der Waals surface area contributed by atoms with E-state index in [-0.39, 0.29) is 11.5 Å². The van der Waals surface area contributed by atoms with Crippen molar-refractivity contribution in [3.63, 3.8) is 0 Å². The van der Waals surface area contributed by atoms with Crippen LogP contribution >= 0.6 is 0 Å². The molecule has 0 aromatic carbocycles. The number of guanidine groups is 1. The van der Waals surface area contributed by atoms with Crippen LogP contribution in [-0.4, -0.2) is 64.2 Å². The molecular weight excluding hydrogens is 318 g/mol. The van der Waals surface area contributed by atoms with Crippen LogP contribution in [0.2, 0.25) is 0 Å². The normalized spacial score (nSPS) is 28.6. The molecule has 6 nitrogen and oxygen atoms in total. The average molecular weight is 356 g/mol. The zero-order valence-electron chi connectivity index (χ0n) is 16.5. The Hall–Kier alpha value is -0.850. The van der Waals surface area contributed by atoms with Gasteiger partial charge < -0.3 is 24.8 Å². The predicted octanol–water partition coefficient (Wildman–Crippen LogP) is 2.33. The first-order valence-electron chi connectivity index (χ1n) is 9.86. The number of unbranched alkanes of at least 4 members (excludes halogenated alkanes) is 1. The molecule has 0 amide bonds. The lowest BCUT2D eigenvalue weighted by Gasteiger charge is -2.52. The Bertz CT molecular complexity index is 409. The molecule has 1 saturated heterocycles. The van der Waals surface area contributed by atoms with Gasteiger partial charge in [-0.1, -0.05) is 27.2 Å². The van der Waals surface area contributed by atoms with E-state index in [1.54, 1.807) is 0 Å². The van der Waals surface area contributed by atoms with Gasteiger partial charge in [0.25, 0.3) is 0 Å². The lowest BCUT2D eigenvalue weighted by atomic mass is 9.64. The fourth-order valence-corrected chi connectivity index (χ4v) is 3.37. The number of hydrogen-bond acceptors (Lipinski definition) is 4. The van der Waals surface area contributed by atoms with Crippen molar-refractivity contribution in [1.29, 1.82) is 0 Å². The molecule has 2 N–H and O–H groups in total. The van der Waals surface area contributed by atoms with E-state index < -0.39 is 0 Å². The Morgan fingerprint density at radius 1 is 1.32 bits per heavy atom. The number of nitrogens with zero attached hydrogens (tertiary/aromatic N) is 1. The Balaban J connectivity index is 1.59. The van der Waals surface area contributed by atoms with Crippen LogP contribution in [0.1, 0.15) is 52.9 Å². The fourth-order valence-electron chi connectivity index (χ4n) is 3.37. The Morgan fingerprint density at radius 2 is 2.16 bits per heavy atom. The molecule has 1 aliphatic heterocycles. The van der Waals surface area contributed by atoms with Crippen molar-refractivity contribution in [1.82, 2.24) is 10.6 Å². The van der Waals surface area contributed by atoms with E-state index in [0.717, 1.165) is 51.4 Å². The van der Waals surface area contributed by atoms with Gasteiger partial charge in [-0.05, 0) is 25.7 Å². The maximum absolute atomic E-state index is 6.01. The minimum absolute atomic E-state index is 0.127. The Labute approximate surface area is 153 Å². The van der Waals surface area contributed by atoms with Gasteiger partial charge in [0.05, 0.1) is 25.4 Å². The van der Waals surface area contributed by atoms with Crippen molar-refractivity contribution in [3.8, 4) is 0 Å². The summed E-state index contributed by atoms with van der Waals surface area (Å²) >= 11 is 0. The first-order valence-corrected chi connectivity index (χ1v) is 9.86. The number of ether oxygens (including phenoxy) is 3. The highest BCUT2D eigenvalue weighted by atomic mass is 16.5. The predicted molar refractivity (Wildman–Crippen MR) is 101 cm³/mol. The second kappa shape index (κ2) is 10.3. The standard InChI is InChI=1S/C19H37N3O3/c1-5-6-10-25-17-13-16(19(17,2)3)22-18(20-4)21-9-12-23-14-15-8-7-11-24-15/h15-17H,5-14H2,1-4H3,(H2,20,21,22). The molecule has 2 rings (SSSR count). The number of nitrogens with one attached hydrogen (secondary N) is 2. The summed E-state index contributed by atoms with van der Waals surface area (Å²) in [5.41, 5.74) is 0.127. The molecule has 1 aliphatic carbocycles. The van der Waals surface area contributed by atoms with Crippen LogP contribution in [0.25, 0.3) is 0 Å². The number of hydrogen-bond donors (Lipinski definition) is 2. The van der Waals surface area contributed by atoms with Crippen LogP contribution in [0, 0.1) is 5.41 Å². The van der Waals surface area contributed by atoms with E-state index in [9.17, 15) is 0 Å². The SMILES string of the molecule is CCCCOC1CC(NC(=NC)NCCOCC2CCCO2)C1(C)C. The zero-order chi connectivity index (χ0) is 18.1. The first-order chi connectivity index (χ1) is 12.1. The summed E-state index contributed by atoms with van der Waals surface area (Å²) in [5, 5.41) is 6.86. The van der Waals surface area contributed by atoms with Crippen molar-refractivity contribution >= 4 is 5.96 Å². The van der Waals surface area contributed by atoms with Gasteiger partial charge in [0.2, 0.25) is 0 Å². The Kier molecular flexibility index (Phi) is 8.46. The highest BCUT2D eigenvalue weighted by Gasteiger charge is 2.49. The molecule has 0 aromatic heterocycles. The molecule has 2 aliphatic rings. The van der Waals surface area contributed by atoms with E-state index in [1.165, 1.54) is 6.42 Å². The number of aliphatic imine (C=N–C) groups is 1. The van der Waals surface area contributed by atoms with Gasteiger partial charge in [-0.25, -0.2) is 0 Å². The molecule has 3 atom stereocenters. The zero-order valence-corrected chi connectivity index (χ0v) is 16.5. The van der Waals surface area contributed by atoms with E-state index in [0.29, 0.717) is 25.4 Å². The molecule has 3 unspecified atom stereocenters. The average Bonchev–Trinajstić information content (AvgIpc) is 3.11. The quantitative estimate of drug-likeness (QED) is 0.358. The van der Waals surface area contributed by atoms with Crippen LogP contribution in [0.5, 0.6) is 0 Å². The van der Waals surface area contributed by atoms with Gasteiger partial charge in [0, 0.05) is 38.3 Å². The lowest BCUT2D eigenvalue weighted by molar-refractivity contribution is -0.113. The summed E-state index contributed by atoms with van der Waals surface area (Å²) in [7, 11) is 1.81. The number of rotatable bonds is 10. The highest BCUT2D eigenvalue weighted by Crippen LogP contribution is 2.42. The minimum Gasteiger partial charge on any atom is -0.378 e. The largest absolute Gasteiger partial charge is 0.378 e. The third kappa shape index (κ3) is 6.12. The molecule has 0 aromatic rings. The van der Waals surface area contributed by atoms with Gasteiger partial charge in [-0.2, -0.15) is 0 Å². The molecule has 25 heavy (non-hydrogen) atoms. The van der Waals surface area contributed by atoms with E-state index in [1.807, 2.05) is 7.05 Å². The van der Waals surface area contributed by atoms with E-state index >= 15 is 0 Å². The van der Waals surface area contributed by atoms with Gasteiger partial charge >= 0.3 is 0 Å². The van der Waals surface area contributed by atoms with Crippen LogP contribution in [0.15, 0.2) is 4.99 Å². The third-order valence-electron chi connectivity index (χ3n) is 5.40. The van der Waals surface area contributed by atoms with E-state index in [4.69, 9.17) is 14.2 Å². The highest BCUT2D eigenvalue weighted by molar-refractivity contribution is 5.80. The van der Waals surface area contributed by atoms with Crippen molar-refractivity contribution in [2.45, 2.75) is 71.1 Å². The lowest BCUT2D eigenvalue weighted by Crippen LogP contribution is -2.63. The third-order valence-corrected chi connectivity index (χ3v) is 5.40. The van der Waals surface area contributed by atoms with Crippen LogP contribution < -0.4 is 10.6 Å². The van der Waals surface area contributed by atoms with Crippen LogP contribution in [0.4, 0.5) is 0 Å². The summed E-state index contributed by atoms with van der Waals surface area (Å²) in [4.78, 5) is 4.32. The molecule has 0 spiro atoms. The van der Waals surface area contributed by atoms with Crippen molar-refractivity contribution in [2.24, 2.45) is 10.4 Å². The fraction of sp³-hybridized carbons (Fsp3) is 0.947. The first kappa shape index (κ1) is 20.5. The summed E-state index contributed by atoms with van der Waals surface area (Å²) in [6.45, 7) is 10.6. The maximum atomic E-state index is 6.01. The van der Waals surface area contributed by atoms with E-state index in [2.05, 4.69) is 36.4 Å². The molecule has 6 heteroatoms. The Morgan fingerprint density at radius 3 is 2.80 bits per heavy atom. The summed E-state index contributed by atoms with van der Waals surface area (Å²) in [6.07, 6.45) is 6.26. The van der Waals surface area contributed by atoms with Crippen molar-refractivity contribution in [3.05, 3.63) is 0 Å². The minimum atomic E-state index is 0.127. The second-order valence-electron chi connectivity index (χ2n) is 7.68. The molecule has 1 saturated carbocycles. The smallest absolute Gasteiger partial charge is 0.191 e. The summed E-state index contributed by atoms with van der Waals surface area (Å²) in [6, 6.07) is 0.387. The molecule has 146 valence electrons. The molecule has 1 heterocycles.